The first kappa shape index (κ1) is 15.4. The normalized spacial score (nSPS) is 10.9. The molecule has 0 saturated heterocycles. The summed E-state index contributed by atoms with van der Waals surface area (Å²) in [7, 11) is 3.32. The van der Waals surface area contributed by atoms with Gasteiger partial charge in [0.1, 0.15) is 17.0 Å². The van der Waals surface area contributed by atoms with Crippen LogP contribution in [-0.2, 0) is 0 Å². The Bertz CT molecular complexity index is 557. The van der Waals surface area contributed by atoms with Crippen molar-refractivity contribution in [2.75, 3.05) is 20.8 Å². The summed E-state index contributed by atoms with van der Waals surface area (Å²) in [6.45, 7) is 3.22. The van der Waals surface area contributed by atoms with Crippen LogP contribution in [0.25, 0.3) is 10.2 Å². The minimum absolute atomic E-state index is 0.758. The quantitative estimate of drug-likeness (QED) is 0.587. The van der Waals surface area contributed by atoms with Gasteiger partial charge in [-0.2, -0.15) is 0 Å². The molecule has 6 heteroatoms. The minimum atomic E-state index is 0.758. The Labute approximate surface area is 128 Å². The van der Waals surface area contributed by atoms with Crippen LogP contribution in [0.2, 0.25) is 0 Å². The summed E-state index contributed by atoms with van der Waals surface area (Å²) < 4.78 is 16.1. The molecule has 0 saturated carbocycles. The van der Waals surface area contributed by atoms with E-state index >= 15 is 0 Å². The molecule has 0 aliphatic rings. The molecule has 0 aliphatic heterocycles. The van der Waals surface area contributed by atoms with E-state index in [1.165, 1.54) is 19.3 Å². The first-order valence-corrected chi connectivity index (χ1v) is 8.34. The number of hydrogen-bond acceptors (Lipinski definition) is 6. The molecule has 0 spiro atoms. The van der Waals surface area contributed by atoms with Gasteiger partial charge in [0.25, 0.3) is 0 Å². The highest BCUT2D eigenvalue weighted by Gasteiger charge is 2.11. The van der Waals surface area contributed by atoms with Crippen molar-refractivity contribution in [1.82, 2.24) is 9.71 Å². The average Bonchev–Trinajstić information content (AvgIpc) is 2.88. The molecule has 2 aromatic rings. The van der Waals surface area contributed by atoms with Gasteiger partial charge in [-0.3, -0.25) is 4.72 Å². The van der Waals surface area contributed by atoms with Crippen LogP contribution in [0.15, 0.2) is 16.5 Å². The Morgan fingerprint density at radius 1 is 1.25 bits per heavy atom. The number of aromatic nitrogens is 1. The van der Waals surface area contributed by atoms with Crippen molar-refractivity contribution in [2.45, 2.75) is 30.5 Å². The molecule has 1 aromatic carbocycles. The number of hydrogen-bond donors (Lipinski definition) is 1. The average molecular weight is 312 g/mol. The second-order valence-corrected chi connectivity index (χ2v) is 6.53. The molecule has 0 atom stereocenters. The van der Waals surface area contributed by atoms with E-state index in [-0.39, 0.29) is 0 Å². The zero-order chi connectivity index (χ0) is 14.4. The van der Waals surface area contributed by atoms with Crippen LogP contribution in [-0.4, -0.2) is 25.7 Å². The highest BCUT2D eigenvalue weighted by Crippen LogP contribution is 2.36. The number of methoxy groups -OCH3 is 2. The van der Waals surface area contributed by atoms with Crippen LogP contribution < -0.4 is 14.2 Å². The van der Waals surface area contributed by atoms with E-state index in [1.807, 2.05) is 12.1 Å². The lowest BCUT2D eigenvalue weighted by atomic mass is 10.3. The van der Waals surface area contributed by atoms with Gasteiger partial charge < -0.3 is 9.47 Å². The van der Waals surface area contributed by atoms with Crippen LogP contribution in [0.5, 0.6) is 11.5 Å². The predicted octanol–water partition coefficient (Wildman–Crippen LogP) is 4.10. The number of nitrogens with one attached hydrogen (secondary N) is 1. The highest BCUT2D eigenvalue weighted by molar-refractivity contribution is 7.99. The molecule has 0 radical (unpaired) electrons. The minimum Gasteiger partial charge on any atom is -0.497 e. The van der Waals surface area contributed by atoms with Gasteiger partial charge in [0.15, 0.2) is 4.34 Å². The monoisotopic (exact) mass is 312 g/mol. The van der Waals surface area contributed by atoms with Crippen molar-refractivity contribution in [2.24, 2.45) is 0 Å². The SMILES string of the molecule is CCCCCNSc1nc2c(OC)cc(OC)cc2s1. The zero-order valence-electron chi connectivity index (χ0n) is 12.1. The topological polar surface area (TPSA) is 43.4 Å². The number of fused-ring (bicyclic) bond motifs is 1. The molecular weight excluding hydrogens is 292 g/mol. The van der Waals surface area contributed by atoms with Crippen molar-refractivity contribution in [3.63, 3.8) is 0 Å². The van der Waals surface area contributed by atoms with Gasteiger partial charge >= 0.3 is 0 Å². The number of ether oxygens (including phenoxy) is 2. The third kappa shape index (κ3) is 3.77. The Kier molecular flexibility index (Phi) is 5.94. The second kappa shape index (κ2) is 7.71. The number of rotatable bonds is 8. The van der Waals surface area contributed by atoms with Gasteiger partial charge in [0.2, 0.25) is 0 Å². The van der Waals surface area contributed by atoms with Crippen LogP contribution in [0.3, 0.4) is 0 Å². The standard InChI is InChI=1S/C14H20N2O2S2/c1-4-5-6-7-15-20-14-16-13-11(18-3)8-10(17-2)9-12(13)19-14/h8-9,15H,4-7H2,1-3H3. The molecular formula is C14H20N2O2S2. The van der Waals surface area contributed by atoms with Crippen LogP contribution >= 0.6 is 23.3 Å². The summed E-state index contributed by atoms with van der Waals surface area (Å²) in [5.74, 6) is 1.55. The maximum Gasteiger partial charge on any atom is 0.166 e. The molecule has 0 amide bonds. The fraction of sp³-hybridized carbons (Fsp3) is 0.500. The molecule has 0 unspecified atom stereocenters. The maximum atomic E-state index is 5.38. The van der Waals surface area contributed by atoms with E-state index in [0.717, 1.165) is 32.6 Å². The van der Waals surface area contributed by atoms with E-state index < -0.39 is 0 Å². The van der Waals surface area contributed by atoms with Crippen molar-refractivity contribution in [3.8, 4) is 11.5 Å². The number of thiazole rings is 1. The molecule has 0 bridgehead atoms. The van der Waals surface area contributed by atoms with Crippen LogP contribution in [0.4, 0.5) is 0 Å². The van der Waals surface area contributed by atoms with E-state index in [2.05, 4.69) is 16.6 Å². The number of nitrogens with zero attached hydrogens (tertiary/aromatic N) is 1. The van der Waals surface area contributed by atoms with Gasteiger partial charge in [0, 0.05) is 12.6 Å². The predicted molar refractivity (Wildman–Crippen MR) is 86.1 cm³/mol. The molecule has 0 fully saturated rings. The van der Waals surface area contributed by atoms with Gasteiger partial charge in [-0.1, -0.05) is 19.8 Å². The fourth-order valence-electron chi connectivity index (χ4n) is 1.83. The Hall–Kier alpha value is -0.980. The van der Waals surface area contributed by atoms with Crippen molar-refractivity contribution >= 4 is 33.5 Å². The molecule has 110 valence electrons. The summed E-state index contributed by atoms with van der Waals surface area (Å²) in [5, 5.41) is 0. The van der Waals surface area contributed by atoms with E-state index in [1.54, 1.807) is 37.5 Å². The molecule has 0 aliphatic carbocycles. The largest absolute Gasteiger partial charge is 0.497 e. The third-order valence-corrected chi connectivity index (χ3v) is 4.82. The van der Waals surface area contributed by atoms with Crippen molar-refractivity contribution in [1.29, 1.82) is 0 Å². The first-order valence-electron chi connectivity index (χ1n) is 6.70. The first-order chi connectivity index (χ1) is 9.78. The van der Waals surface area contributed by atoms with E-state index in [9.17, 15) is 0 Å². The number of benzene rings is 1. The number of unbranched alkanes of at least 4 members (excludes halogenated alkanes) is 2. The summed E-state index contributed by atoms with van der Waals surface area (Å²) >= 11 is 3.24. The molecule has 1 heterocycles. The highest BCUT2D eigenvalue weighted by atomic mass is 32.2. The van der Waals surface area contributed by atoms with Crippen molar-refractivity contribution in [3.05, 3.63) is 12.1 Å². The summed E-state index contributed by atoms with van der Waals surface area (Å²) in [5.41, 5.74) is 0.899. The third-order valence-electron chi connectivity index (χ3n) is 2.91. The van der Waals surface area contributed by atoms with Crippen LogP contribution in [0, 0.1) is 0 Å². The van der Waals surface area contributed by atoms with E-state index in [0.29, 0.717) is 0 Å². The summed E-state index contributed by atoms with van der Waals surface area (Å²) in [6, 6.07) is 3.86. The lowest BCUT2D eigenvalue weighted by molar-refractivity contribution is 0.397. The fourth-order valence-corrected chi connectivity index (χ4v) is 3.69. The summed E-state index contributed by atoms with van der Waals surface area (Å²) in [4.78, 5) is 4.62. The second-order valence-electron chi connectivity index (χ2n) is 4.36. The van der Waals surface area contributed by atoms with Gasteiger partial charge in [-0.25, -0.2) is 4.98 Å². The molecule has 20 heavy (non-hydrogen) atoms. The van der Waals surface area contributed by atoms with Crippen LogP contribution in [0.1, 0.15) is 26.2 Å². The van der Waals surface area contributed by atoms with Gasteiger partial charge in [0.05, 0.1) is 18.9 Å². The smallest absolute Gasteiger partial charge is 0.166 e. The van der Waals surface area contributed by atoms with Gasteiger partial charge in [-0.15, -0.1) is 11.3 Å². The Balaban J connectivity index is 2.08. The lowest BCUT2D eigenvalue weighted by Crippen LogP contribution is -2.04. The molecule has 4 nitrogen and oxygen atoms in total. The molecule has 2 rings (SSSR count). The lowest BCUT2D eigenvalue weighted by Gasteiger charge is -2.03. The van der Waals surface area contributed by atoms with Gasteiger partial charge in [-0.05, 0) is 24.4 Å². The molecule has 1 N–H and O–H groups in total. The Morgan fingerprint density at radius 2 is 2.10 bits per heavy atom. The maximum absolute atomic E-state index is 5.38. The van der Waals surface area contributed by atoms with Crippen molar-refractivity contribution < 1.29 is 9.47 Å². The Morgan fingerprint density at radius 3 is 2.80 bits per heavy atom. The summed E-state index contributed by atoms with van der Waals surface area (Å²) in [6.07, 6.45) is 3.70. The van der Waals surface area contributed by atoms with E-state index in [4.69, 9.17) is 9.47 Å². The molecule has 1 aromatic heterocycles. The zero-order valence-corrected chi connectivity index (χ0v) is 13.7.